The summed E-state index contributed by atoms with van der Waals surface area (Å²) < 4.78 is 1.81. The van der Waals surface area contributed by atoms with E-state index >= 15 is 0 Å². The summed E-state index contributed by atoms with van der Waals surface area (Å²) in [6.07, 6.45) is 7.65. The minimum absolute atomic E-state index is 0.0712. The molecule has 0 unspecified atom stereocenters. The average molecular weight is 334 g/mol. The standard InChI is InChI=1S/C20H22N4O/c1-24-19(10-11-23-24)18-12-17(13-21-15-18)14-22-20(25)9-5-8-16-6-3-2-4-7-16/h2-4,6-7,10-13,15H,5,8-9,14H2,1H3,(H,22,25). The topological polar surface area (TPSA) is 59.8 Å². The van der Waals surface area contributed by atoms with Gasteiger partial charge in [0.05, 0.1) is 5.69 Å². The maximum atomic E-state index is 12.0. The first-order chi connectivity index (χ1) is 12.2. The van der Waals surface area contributed by atoms with Crippen LogP contribution in [-0.4, -0.2) is 20.7 Å². The first-order valence-corrected chi connectivity index (χ1v) is 8.45. The van der Waals surface area contributed by atoms with Crippen LogP contribution in [0.25, 0.3) is 11.3 Å². The number of hydrogen-bond donors (Lipinski definition) is 1. The van der Waals surface area contributed by atoms with E-state index in [0.29, 0.717) is 13.0 Å². The molecule has 0 aliphatic carbocycles. The minimum atomic E-state index is 0.0712. The molecule has 0 bridgehead atoms. The highest BCUT2D eigenvalue weighted by atomic mass is 16.1. The van der Waals surface area contributed by atoms with Crippen LogP contribution < -0.4 is 5.32 Å². The number of aryl methyl sites for hydroxylation is 2. The molecule has 128 valence electrons. The number of carbonyl (C=O) groups excluding carboxylic acids is 1. The van der Waals surface area contributed by atoms with Gasteiger partial charge in [-0.3, -0.25) is 14.5 Å². The van der Waals surface area contributed by atoms with Crippen LogP contribution >= 0.6 is 0 Å². The maximum absolute atomic E-state index is 12.0. The van der Waals surface area contributed by atoms with E-state index < -0.39 is 0 Å². The van der Waals surface area contributed by atoms with Gasteiger partial charge in [-0.2, -0.15) is 5.10 Å². The number of pyridine rings is 1. The van der Waals surface area contributed by atoms with Crippen molar-refractivity contribution in [3.8, 4) is 11.3 Å². The smallest absolute Gasteiger partial charge is 0.220 e. The number of nitrogens with zero attached hydrogens (tertiary/aromatic N) is 3. The second kappa shape index (κ2) is 8.24. The van der Waals surface area contributed by atoms with E-state index in [0.717, 1.165) is 29.7 Å². The lowest BCUT2D eigenvalue weighted by Gasteiger charge is -2.07. The fourth-order valence-electron chi connectivity index (χ4n) is 2.77. The third-order valence-electron chi connectivity index (χ3n) is 4.11. The average Bonchev–Trinajstić information content (AvgIpc) is 3.07. The molecule has 0 aliphatic rings. The second-order valence-corrected chi connectivity index (χ2v) is 6.04. The zero-order valence-corrected chi connectivity index (χ0v) is 14.4. The van der Waals surface area contributed by atoms with Crippen molar-refractivity contribution in [3.05, 3.63) is 72.2 Å². The molecule has 3 rings (SSSR count). The Balaban J connectivity index is 1.48. The molecular weight excluding hydrogens is 312 g/mol. The van der Waals surface area contributed by atoms with Gasteiger partial charge in [-0.05, 0) is 36.1 Å². The first kappa shape index (κ1) is 16.9. The van der Waals surface area contributed by atoms with Crippen molar-refractivity contribution in [2.75, 3.05) is 0 Å². The predicted molar refractivity (Wildman–Crippen MR) is 97.7 cm³/mol. The third-order valence-corrected chi connectivity index (χ3v) is 4.11. The van der Waals surface area contributed by atoms with Crippen LogP contribution in [0.15, 0.2) is 61.1 Å². The van der Waals surface area contributed by atoms with E-state index in [1.165, 1.54) is 5.56 Å². The molecule has 5 nitrogen and oxygen atoms in total. The zero-order valence-electron chi connectivity index (χ0n) is 14.4. The largest absolute Gasteiger partial charge is 0.352 e. The molecule has 2 heterocycles. The third kappa shape index (κ3) is 4.76. The lowest BCUT2D eigenvalue weighted by Crippen LogP contribution is -2.22. The lowest BCUT2D eigenvalue weighted by atomic mass is 10.1. The van der Waals surface area contributed by atoms with Crippen LogP contribution in [0.2, 0.25) is 0 Å². The van der Waals surface area contributed by atoms with Crippen LogP contribution in [0.1, 0.15) is 24.0 Å². The van der Waals surface area contributed by atoms with Crippen LogP contribution in [0.5, 0.6) is 0 Å². The number of hydrogen-bond acceptors (Lipinski definition) is 3. The quantitative estimate of drug-likeness (QED) is 0.722. The van der Waals surface area contributed by atoms with Crippen LogP contribution in [0.3, 0.4) is 0 Å². The Morgan fingerprint density at radius 1 is 1.12 bits per heavy atom. The van der Waals surface area contributed by atoms with Gasteiger partial charge in [0.1, 0.15) is 0 Å². The van der Waals surface area contributed by atoms with Gasteiger partial charge < -0.3 is 5.32 Å². The summed E-state index contributed by atoms with van der Waals surface area (Å²) >= 11 is 0. The van der Waals surface area contributed by atoms with Crippen LogP contribution in [-0.2, 0) is 24.8 Å². The van der Waals surface area contributed by atoms with Gasteiger partial charge in [0, 0.05) is 44.2 Å². The Kier molecular flexibility index (Phi) is 5.57. The lowest BCUT2D eigenvalue weighted by molar-refractivity contribution is -0.121. The van der Waals surface area contributed by atoms with Crippen LogP contribution in [0.4, 0.5) is 0 Å². The van der Waals surface area contributed by atoms with Gasteiger partial charge in [0.25, 0.3) is 0 Å². The predicted octanol–water partition coefficient (Wildman–Crippen LogP) is 3.12. The molecule has 0 saturated carbocycles. The molecule has 0 saturated heterocycles. The van der Waals surface area contributed by atoms with Gasteiger partial charge in [-0.25, -0.2) is 0 Å². The van der Waals surface area contributed by atoms with Gasteiger partial charge in [-0.15, -0.1) is 0 Å². The Hall–Kier alpha value is -2.95. The van der Waals surface area contributed by atoms with E-state index in [4.69, 9.17) is 0 Å². The fraction of sp³-hybridized carbons (Fsp3) is 0.250. The normalized spacial score (nSPS) is 10.6. The molecule has 0 spiro atoms. The highest BCUT2D eigenvalue weighted by Gasteiger charge is 2.06. The van der Waals surface area contributed by atoms with Crippen molar-refractivity contribution in [2.45, 2.75) is 25.8 Å². The number of aromatic nitrogens is 3. The number of nitrogens with one attached hydrogen (secondary N) is 1. The molecule has 0 fully saturated rings. The molecule has 3 aromatic rings. The van der Waals surface area contributed by atoms with Gasteiger partial charge in [0.2, 0.25) is 5.91 Å². The molecule has 2 aromatic heterocycles. The SMILES string of the molecule is Cn1nccc1-c1cncc(CNC(=O)CCCc2ccccc2)c1. The Morgan fingerprint density at radius 2 is 1.96 bits per heavy atom. The Morgan fingerprint density at radius 3 is 2.72 bits per heavy atom. The summed E-state index contributed by atoms with van der Waals surface area (Å²) in [5, 5.41) is 7.15. The molecule has 1 aromatic carbocycles. The number of rotatable bonds is 7. The summed E-state index contributed by atoms with van der Waals surface area (Å²) in [6.45, 7) is 0.489. The van der Waals surface area contributed by atoms with Gasteiger partial charge in [-0.1, -0.05) is 30.3 Å². The fourth-order valence-corrected chi connectivity index (χ4v) is 2.77. The van der Waals surface area contributed by atoms with Crippen molar-refractivity contribution >= 4 is 5.91 Å². The molecule has 0 atom stereocenters. The molecule has 1 N–H and O–H groups in total. The van der Waals surface area contributed by atoms with Crippen molar-refractivity contribution in [2.24, 2.45) is 7.05 Å². The van der Waals surface area contributed by atoms with E-state index in [1.54, 1.807) is 12.4 Å². The van der Waals surface area contributed by atoms with Gasteiger partial charge in [0.15, 0.2) is 0 Å². The summed E-state index contributed by atoms with van der Waals surface area (Å²) in [7, 11) is 1.90. The highest BCUT2D eigenvalue weighted by molar-refractivity contribution is 5.75. The minimum Gasteiger partial charge on any atom is -0.352 e. The van der Waals surface area contributed by atoms with Crippen molar-refractivity contribution in [1.29, 1.82) is 0 Å². The summed E-state index contributed by atoms with van der Waals surface area (Å²) in [5.41, 5.74) is 4.25. The van der Waals surface area contributed by atoms with Crippen LogP contribution in [0, 0.1) is 0 Å². The first-order valence-electron chi connectivity index (χ1n) is 8.45. The number of amides is 1. The van der Waals surface area contributed by atoms with Gasteiger partial charge >= 0.3 is 0 Å². The maximum Gasteiger partial charge on any atom is 0.220 e. The number of benzene rings is 1. The van der Waals surface area contributed by atoms with E-state index in [9.17, 15) is 4.79 Å². The molecule has 25 heavy (non-hydrogen) atoms. The zero-order chi connectivity index (χ0) is 17.5. The summed E-state index contributed by atoms with van der Waals surface area (Å²) in [5.74, 6) is 0.0712. The van der Waals surface area contributed by atoms with E-state index in [2.05, 4.69) is 27.5 Å². The van der Waals surface area contributed by atoms with E-state index in [1.807, 2.05) is 48.3 Å². The molecule has 1 amide bonds. The monoisotopic (exact) mass is 334 g/mol. The summed E-state index contributed by atoms with van der Waals surface area (Å²) in [4.78, 5) is 16.3. The Labute approximate surface area is 147 Å². The number of carbonyl (C=O) groups is 1. The van der Waals surface area contributed by atoms with E-state index in [-0.39, 0.29) is 5.91 Å². The molecule has 0 aliphatic heterocycles. The molecule has 5 heteroatoms. The van der Waals surface area contributed by atoms with Crippen molar-refractivity contribution in [1.82, 2.24) is 20.1 Å². The molecular formula is C20H22N4O. The molecule has 0 radical (unpaired) electrons. The van der Waals surface area contributed by atoms with Crippen molar-refractivity contribution < 1.29 is 4.79 Å². The highest BCUT2D eigenvalue weighted by Crippen LogP contribution is 2.18. The Bertz CT molecular complexity index is 826. The van der Waals surface area contributed by atoms with Crippen molar-refractivity contribution in [3.63, 3.8) is 0 Å². The second-order valence-electron chi connectivity index (χ2n) is 6.04. The summed E-state index contributed by atoms with van der Waals surface area (Å²) in [6, 6.07) is 14.2.